The van der Waals surface area contributed by atoms with Crippen LogP contribution in [-0.4, -0.2) is 47.4 Å². The van der Waals surface area contributed by atoms with Crippen molar-refractivity contribution in [3.05, 3.63) is 12.2 Å². The first-order valence-corrected chi connectivity index (χ1v) is 24.4. The van der Waals surface area contributed by atoms with E-state index < -0.39 is 12.1 Å². The molecule has 0 aromatic carbocycles. The fourth-order valence-electron chi connectivity index (χ4n) is 7.51. The second kappa shape index (κ2) is 45.3. The second-order valence-corrected chi connectivity index (χ2v) is 16.8. The Hall–Kier alpha value is -1.40. The van der Waals surface area contributed by atoms with Crippen LogP contribution in [0.15, 0.2) is 12.2 Å². The first kappa shape index (κ1) is 53.6. The molecular formula is C49H95NO5. The van der Waals surface area contributed by atoms with E-state index in [0.717, 1.165) is 64.2 Å². The second-order valence-electron chi connectivity index (χ2n) is 16.8. The molecule has 0 aromatic rings. The highest BCUT2D eigenvalue weighted by Gasteiger charge is 2.20. The molecule has 0 spiro atoms. The molecular weight excluding hydrogens is 683 g/mol. The number of carbonyl (C=O) groups excluding carboxylic acids is 2. The van der Waals surface area contributed by atoms with E-state index >= 15 is 0 Å². The summed E-state index contributed by atoms with van der Waals surface area (Å²) in [6, 6.07) is -0.551. The quantitative estimate of drug-likeness (QED) is 0.0325. The number of rotatable bonds is 45. The maximum absolute atomic E-state index is 12.4. The average molecular weight is 778 g/mol. The van der Waals surface area contributed by atoms with Gasteiger partial charge in [0.05, 0.1) is 25.4 Å². The van der Waals surface area contributed by atoms with Crippen LogP contribution in [0.4, 0.5) is 0 Å². The third kappa shape index (κ3) is 42.0. The molecule has 0 heterocycles. The predicted octanol–water partition coefficient (Wildman–Crippen LogP) is 14.2. The number of esters is 1. The molecule has 6 nitrogen and oxygen atoms in total. The van der Waals surface area contributed by atoms with Crippen LogP contribution in [-0.2, 0) is 14.3 Å². The number of hydrogen-bond acceptors (Lipinski definition) is 5. The van der Waals surface area contributed by atoms with Crippen molar-refractivity contribution in [3.63, 3.8) is 0 Å². The summed E-state index contributed by atoms with van der Waals surface area (Å²) in [7, 11) is 0. The van der Waals surface area contributed by atoms with Crippen LogP contribution in [0.1, 0.15) is 264 Å². The van der Waals surface area contributed by atoms with Gasteiger partial charge in [-0.25, -0.2) is 0 Å². The number of hydrogen-bond donors (Lipinski definition) is 3. The normalized spacial score (nSPS) is 12.7. The van der Waals surface area contributed by atoms with Crippen molar-refractivity contribution in [2.75, 3.05) is 13.2 Å². The molecule has 0 rings (SSSR count). The monoisotopic (exact) mass is 778 g/mol. The summed E-state index contributed by atoms with van der Waals surface area (Å²) < 4.78 is 5.44. The van der Waals surface area contributed by atoms with Gasteiger partial charge in [-0.15, -0.1) is 0 Å². The third-order valence-electron chi connectivity index (χ3n) is 11.3. The Balaban J connectivity index is 3.46. The van der Waals surface area contributed by atoms with Crippen molar-refractivity contribution in [1.29, 1.82) is 0 Å². The van der Waals surface area contributed by atoms with Gasteiger partial charge in [-0.1, -0.05) is 212 Å². The molecule has 0 saturated heterocycles. The van der Waals surface area contributed by atoms with Crippen molar-refractivity contribution in [1.82, 2.24) is 5.32 Å². The summed E-state index contributed by atoms with van der Waals surface area (Å²) in [6.45, 7) is 4.91. The number of nitrogens with one attached hydrogen (secondary N) is 1. The highest BCUT2D eigenvalue weighted by molar-refractivity contribution is 5.76. The smallest absolute Gasteiger partial charge is 0.305 e. The lowest BCUT2D eigenvalue weighted by Gasteiger charge is -2.22. The predicted molar refractivity (Wildman–Crippen MR) is 237 cm³/mol. The number of ether oxygens (including phenoxy) is 1. The molecule has 55 heavy (non-hydrogen) atoms. The zero-order chi connectivity index (χ0) is 40.1. The summed E-state index contributed by atoms with van der Waals surface area (Å²) in [4.78, 5) is 24.4. The van der Waals surface area contributed by atoms with E-state index in [2.05, 4.69) is 31.3 Å². The van der Waals surface area contributed by atoms with Gasteiger partial charge in [0.25, 0.3) is 0 Å². The van der Waals surface area contributed by atoms with Crippen LogP contribution in [0, 0.1) is 0 Å². The highest BCUT2D eigenvalue weighted by atomic mass is 16.5. The lowest BCUT2D eigenvalue weighted by Crippen LogP contribution is -2.45. The van der Waals surface area contributed by atoms with Crippen LogP contribution in [0.2, 0.25) is 0 Å². The molecule has 2 atom stereocenters. The summed E-state index contributed by atoms with van der Waals surface area (Å²) in [5, 5.41) is 23.1. The number of amides is 1. The third-order valence-corrected chi connectivity index (χ3v) is 11.3. The highest BCUT2D eigenvalue weighted by Crippen LogP contribution is 2.16. The molecule has 3 N–H and O–H groups in total. The summed E-state index contributed by atoms with van der Waals surface area (Å²) in [6.07, 6.45) is 50.3. The van der Waals surface area contributed by atoms with Gasteiger partial charge in [0.2, 0.25) is 5.91 Å². The minimum Gasteiger partial charge on any atom is -0.466 e. The van der Waals surface area contributed by atoms with Gasteiger partial charge in [-0.3, -0.25) is 9.59 Å². The van der Waals surface area contributed by atoms with Crippen molar-refractivity contribution in [3.8, 4) is 0 Å². The molecule has 0 aromatic heterocycles. The Morgan fingerprint density at radius 3 is 1.29 bits per heavy atom. The van der Waals surface area contributed by atoms with Gasteiger partial charge < -0.3 is 20.3 Å². The number of carbonyl (C=O) groups is 2. The SMILES string of the molecule is CCCCCCCCCCCCCC(=O)OCCCCCCCCC/C=C\CCCCCCCC(=O)NC(CO)C(O)CCCCCCCCCCCCC. The lowest BCUT2D eigenvalue weighted by molar-refractivity contribution is -0.143. The fraction of sp³-hybridized carbons (Fsp3) is 0.918. The summed E-state index contributed by atoms with van der Waals surface area (Å²) in [5.74, 6) is -0.0565. The number of unbranched alkanes of at least 4 members (excludes halogenated alkanes) is 32. The topological polar surface area (TPSA) is 95.9 Å². The molecule has 6 heteroatoms. The van der Waals surface area contributed by atoms with Gasteiger partial charge in [0.15, 0.2) is 0 Å². The maximum atomic E-state index is 12.4. The van der Waals surface area contributed by atoms with Crippen molar-refractivity contribution < 1.29 is 24.5 Å². The molecule has 0 aliphatic heterocycles. The first-order valence-electron chi connectivity index (χ1n) is 24.4. The van der Waals surface area contributed by atoms with E-state index in [4.69, 9.17) is 4.74 Å². The molecule has 0 radical (unpaired) electrons. The van der Waals surface area contributed by atoms with Crippen molar-refractivity contribution >= 4 is 11.9 Å². The Morgan fingerprint density at radius 2 is 0.855 bits per heavy atom. The first-order chi connectivity index (χ1) is 27.0. The summed E-state index contributed by atoms with van der Waals surface area (Å²) in [5.41, 5.74) is 0. The Morgan fingerprint density at radius 1 is 0.491 bits per heavy atom. The molecule has 0 aliphatic rings. The molecule has 1 amide bonds. The Kier molecular flexibility index (Phi) is 44.2. The van der Waals surface area contributed by atoms with Gasteiger partial charge in [0.1, 0.15) is 0 Å². The van der Waals surface area contributed by atoms with Gasteiger partial charge in [-0.05, 0) is 51.4 Å². The van der Waals surface area contributed by atoms with Crippen LogP contribution in [0.5, 0.6) is 0 Å². The zero-order valence-corrected chi connectivity index (χ0v) is 36.9. The minimum absolute atomic E-state index is 0.00341. The van der Waals surface area contributed by atoms with Gasteiger partial charge in [0, 0.05) is 12.8 Å². The van der Waals surface area contributed by atoms with Crippen molar-refractivity contribution in [2.24, 2.45) is 0 Å². The number of allylic oxidation sites excluding steroid dienone is 2. The van der Waals surface area contributed by atoms with E-state index in [-0.39, 0.29) is 18.5 Å². The van der Waals surface area contributed by atoms with Crippen molar-refractivity contribution in [2.45, 2.75) is 276 Å². The van der Waals surface area contributed by atoms with E-state index in [1.165, 1.54) is 167 Å². The maximum Gasteiger partial charge on any atom is 0.305 e. The fourth-order valence-corrected chi connectivity index (χ4v) is 7.51. The van der Waals surface area contributed by atoms with Gasteiger partial charge >= 0.3 is 5.97 Å². The largest absolute Gasteiger partial charge is 0.466 e. The van der Waals surface area contributed by atoms with E-state index in [1.807, 2.05) is 0 Å². The minimum atomic E-state index is -0.672. The molecule has 0 saturated carbocycles. The van der Waals surface area contributed by atoms with Crippen LogP contribution in [0.25, 0.3) is 0 Å². The van der Waals surface area contributed by atoms with E-state index in [1.54, 1.807) is 0 Å². The Labute approximate surface area is 342 Å². The number of aliphatic hydroxyl groups is 2. The van der Waals surface area contributed by atoms with Crippen LogP contribution >= 0.6 is 0 Å². The molecule has 0 fully saturated rings. The molecule has 2 unspecified atom stereocenters. The standard InChI is InChI=1S/C49H95NO5/c1-3-5-7-9-11-13-21-25-29-33-37-41-47(52)46(45-51)50-48(53)42-38-34-30-26-23-19-17-15-16-18-20-24-28-32-36-40-44-55-49(54)43-39-35-31-27-22-14-12-10-8-6-4-2/h15,17,46-47,51-52H,3-14,16,18-45H2,1-2H3,(H,50,53)/b17-15-. The molecule has 326 valence electrons. The number of aliphatic hydroxyl groups excluding tert-OH is 2. The average Bonchev–Trinajstić information content (AvgIpc) is 3.18. The van der Waals surface area contributed by atoms with E-state index in [9.17, 15) is 19.8 Å². The van der Waals surface area contributed by atoms with E-state index in [0.29, 0.717) is 25.9 Å². The van der Waals surface area contributed by atoms with Crippen LogP contribution in [0.3, 0.4) is 0 Å². The molecule has 0 bridgehead atoms. The summed E-state index contributed by atoms with van der Waals surface area (Å²) >= 11 is 0. The lowest BCUT2D eigenvalue weighted by atomic mass is 10.0. The van der Waals surface area contributed by atoms with Gasteiger partial charge in [-0.2, -0.15) is 0 Å². The Bertz CT molecular complexity index is 817. The zero-order valence-electron chi connectivity index (χ0n) is 36.9. The molecule has 0 aliphatic carbocycles. The van der Waals surface area contributed by atoms with Crippen LogP contribution < -0.4 is 5.32 Å².